The van der Waals surface area contributed by atoms with E-state index in [-0.39, 0.29) is 0 Å². The second-order valence-corrected chi connectivity index (χ2v) is 6.15. The van der Waals surface area contributed by atoms with Gasteiger partial charge in [0.1, 0.15) is 0 Å². The Morgan fingerprint density at radius 3 is 0.526 bits per heavy atom. The molecule has 1 aromatic heterocycles. The SMILES string of the molecule is c1cccccccccccccnnnnnnnnnnnccccccccccccc1. The maximum Gasteiger partial charge on any atom is 0.0514 e. The number of nitrogens with zero attached hydrogens (tertiary/aromatic N) is 11. The molecular weight excluding hydrogens is 478 g/mol. The predicted octanol–water partition coefficient (Wildman–Crippen LogP) is 4.03. The Hall–Kier alpha value is -5.71. The molecule has 0 aliphatic heterocycles. The minimum absolute atomic E-state index is 1.44. The summed E-state index contributed by atoms with van der Waals surface area (Å²) in [5, 5.41) is 36.7. The molecule has 0 aliphatic rings. The first kappa shape index (κ1) is 30.3. The monoisotopic (exact) mass is 505 g/mol. The lowest BCUT2D eigenvalue weighted by Gasteiger charge is -1.69. The zero-order chi connectivity index (χ0) is 26.9. The predicted molar refractivity (Wildman–Crippen MR) is 143 cm³/mol. The van der Waals surface area contributed by atoms with E-state index in [1.807, 2.05) is 127 Å². The number of rotatable bonds is 0. The third-order valence-corrected chi connectivity index (χ3v) is 3.40. The molecule has 0 fully saturated rings. The third-order valence-electron chi connectivity index (χ3n) is 3.40. The molecule has 0 spiro atoms. The van der Waals surface area contributed by atoms with E-state index in [1.54, 1.807) is 24.3 Å². The Morgan fingerprint density at radius 2 is 0.316 bits per heavy atom. The normalized spacial score (nSPS) is 8.00. The third kappa shape index (κ3) is 24.9. The summed E-state index contributed by atoms with van der Waals surface area (Å²) in [6, 6.07) is 47.4. The number of hydrogen-bond acceptors (Lipinski definition) is 11. The molecule has 0 radical (unpaired) electrons. The zero-order valence-electron chi connectivity index (χ0n) is 20.5. The van der Waals surface area contributed by atoms with Gasteiger partial charge >= 0.3 is 0 Å². The van der Waals surface area contributed by atoms with Crippen molar-refractivity contribution < 1.29 is 0 Å². The Balaban J connectivity index is 3.00. The van der Waals surface area contributed by atoms with Crippen molar-refractivity contribution in [1.29, 1.82) is 0 Å². The summed E-state index contributed by atoms with van der Waals surface area (Å²) in [4.78, 5) is 0. The van der Waals surface area contributed by atoms with Crippen molar-refractivity contribution in [3.05, 3.63) is 164 Å². The molecule has 1 heterocycles. The summed E-state index contributed by atoms with van der Waals surface area (Å²) < 4.78 is 0. The van der Waals surface area contributed by atoms with Gasteiger partial charge in [-0.1, -0.05) is 140 Å². The first-order valence-corrected chi connectivity index (χ1v) is 11.2. The quantitative estimate of drug-likeness (QED) is 0.504. The molecule has 1 rings (SSSR count). The van der Waals surface area contributed by atoms with Crippen LogP contribution in [0, 0.1) is 0 Å². The van der Waals surface area contributed by atoms with Crippen molar-refractivity contribution in [2.75, 3.05) is 0 Å². The van der Waals surface area contributed by atoms with Crippen LogP contribution >= 0.6 is 0 Å². The lowest BCUT2D eigenvalue weighted by atomic mass is 10.4. The van der Waals surface area contributed by atoms with Gasteiger partial charge in [-0.2, -0.15) is 0 Å². The molecule has 11 heteroatoms. The maximum atomic E-state index is 3.63. The van der Waals surface area contributed by atoms with Crippen LogP contribution in [0.5, 0.6) is 0 Å². The first-order chi connectivity index (χ1) is 19.0. The lowest BCUT2D eigenvalue weighted by Crippen LogP contribution is -1.91. The van der Waals surface area contributed by atoms with Gasteiger partial charge in [0.2, 0.25) is 0 Å². The minimum atomic E-state index is 1.44. The highest BCUT2D eigenvalue weighted by Crippen LogP contribution is 1.81. The Kier molecular flexibility index (Phi) is 22.0. The van der Waals surface area contributed by atoms with Crippen LogP contribution in [0.4, 0.5) is 0 Å². The summed E-state index contributed by atoms with van der Waals surface area (Å²) in [6.07, 6.45) is 2.87. The molecule has 0 N–H and O–H groups in total. The van der Waals surface area contributed by atoms with E-state index < -0.39 is 0 Å². The molecular formula is C27H27N11. The highest BCUT2D eigenvalue weighted by molar-refractivity contribution is 5.00. The second kappa shape index (κ2) is 27.5. The fraction of sp³-hybridized carbons (Fsp3) is 0. The molecule has 0 saturated heterocycles. The van der Waals surface area contributed by atoms with Gasteiger partial charge in [0, 0.05) is 0 Å². The van der Waals surface area contributed by atoms with Crippen LogP contribution in [-0.4, -0.2) is 57.1 Å². The summed E-state index contributed by atoms with van der Waals surface area (Å²) in [6.45, 7) is 0. The van der Waals surface area contributed by atoms with Crippen molar-refractivity contribution >= 4 is 0 Å². The van der Waals surface area contributed by atoms with Crippen LogP contribution in [0.1, 0.15) is 0 Å². The van der Waals surface area contributed by atoms with Crippen LogP contribution in [0.3, 0.4) is 0 Å². The van der Waals surface area contributed by atoms with Crippen LogP contribution in [-0.2, 0) is 0 Å². The summed E-state index contributed by atoms with van der Waals surface area (Å²) >= 11 is 0. The molecule has 190 valence electrons. The number of aromatic nitrogens is 11. The Bertz CT molecular complexity index is 754. The van der Waals surface area contributed by atoms with E-state index in [2.05, 4.69) is 57.1 Å². The summed E-state index contributed by atoms with van der Waals surface area (Å²) in [5.74, 6) is 0. The van der Waals surface area contributed by atoms with Gasteiger partial charge < -0.3 is 0 Å². The van der Waals surface area contributed by atoms with Crippen molar-refractivity contribution in [3.63, 3.8) is 0 Å². The smallest absolute Gasteiger partial charge is 0.0514 e. The Labute approximate surface area is 221 Å². The van der Waals surface area contributed by atoms with Crippen molar-refractivity contribution in [2.24, 2.45) is 0 Å². The molecule has 0 aromatic carbocycles. The van der Waals surface area contributed by atoms with Gasteiger partial charge in [-0.3, -0.25) is 0 Å². The van der Waals surface area contributed by atoms with E-state index in [1.165, 1.54) is 12.4 Å². The molecule has 0 atom stereocenters. The first-order valence-electron chi connectivity index (χ1n) is 11.2. The van der Waals surface area contributed by atoms with E-state index in [0.29, 0.717) is 0 Å². The van der Waals surface area contributed by atoms with Crippen LogP contribution in [0.2, 0.25) is 0 Å². The highest BCUT2D eigenvalue weighted by atomic mass is 15.6. The van der Waals surface area contributed by atoms with Crippen LogP contribution in [0.25, 0.3) is 0 Å². The molecule has 38 heavy (non-hydrogen) atoms. The zero-order valence-corrected chi connectivity index (χ0v) is 20.5. The van der Waals surface area contributed by atoms with E-state index in [0.717, 1.165) is 0 Å². The van der Waals surface area contributed by atoms with Crippen LogP contribution in [0.15, 0.2) is 164 Å². The Morgan fingerprint density at radius 1 is 0.158 bits per heavy atom. The molecule has 0 aliphatic carbocycles. The molecule has 0 amide bonds. The fourth-order valence-corrected chi connectivity index (χ4v) is 1.88. The van der Waals surface area contributed by atoms with Crippen molar-refractivity contribution in [2.45, 2.75) is 0 Å². The van der Waals surface area contributed by atoms with Gasteiger partial charge in [0.05, 0.1) is 12.4 Å². The molecule has 0 unspecified atom stereocenters. The maximum absolute atomic E-state index is 3.63. The van der Waals surface area contributed by atoms with E-state index in [9.17, 15) is 0 Å². The van der Waals surface area contributed by atoms with Crippen molar-refractivity contribution in [3.8, 4) is 0 Å². The molecule has 0 bridgehead atoms. The molecule has 11 nitrogen and oxygen atoms in total. The summed E-state index contributed by atoms with van der Waals surface area (Å²) in [7, 11) is 0. The topological polar surface area (TPSA) is 142 Å². The molecule has 1 aromatic rings. The second-order valence-electron chi connectivity index (χ2n) is 6.15. The highest BCUT2D eigenvalue weighted by Gasteiger charge is 1.63. The molecule has 0 saturated carbocycles. The minimum Gasteiger partial charge on any atom is -0.137 e. The summed E-state index contributed by atoms with van der Waals surface area (Å²) in [5.41, 5.74) is 0. The van der Waals surface area contributed by atoms with E-state index in [4.69, 9.17) is 0 Å². The van der Waals surface area contributed by atoms with Crippen molar-refractivity contribution in [1.82, 2.24) is 57.1 Å². The fourth-order valence-electron chi connectivity index (χ4n) is 1.88. The average molecular weight is 506 g/mol. The van der Waals surface area contributed by atoms with E-state index >= 15 is 0 Å². The number of hydrogen-bond donors (Lipinski definition) is 0. The van der Waals surface area contributed by atoms with Gasteiger partial charge in [0.15, 0.2) is 0 Å². The van der Waals surface area contributed by atoms with Gasteiger partial charge in [-0.15, -0.1) is 10.2 Å². The van der Waals surface area contributed by atoms with Gasteiger partial charge in [-0.05, 0) is 59.1 Å². The van der Waals surface area contributed by atoms with Gasteiger partial charge in [0.25, 0.3) is 0 Å². The van der Waals surface area contributed by atoms with Gasteiger partial charge in [-0.25, -0.2) is 0 Å². The largest absolute Gasteiger partial charge is 0.137 e. The lowest BCUT2D eigenvalue weighted by molar-refractivity contribution is 0.618. The average Bonchev–Trinajstić information content (AvgIpc) is 2.93. The standard InChI is InChI=1S/C27H27N11/c1-2-4-6-8-10-12-14-16-18-20-22-24-26-28-30-32-34-36-38-37-35-33-31-29-27-25-23-21-19-17-15-13-11-9-7-5-3-1/h1-27H. The van der Waals surface area contributed by atoms with Crippen LogP contribution < -0.4 is 0 Å².